The van der Waals surface area contributed by atoms with Gasteiger partial charge in [-0.3, -0.25) is 0 Å². The Morgan fingerprint density at radius 1 is 1.44 bits per heavy atom. The summed E-state index contributed by atoms with van der Waals surface area (Å²) in [7, 11) is 0. The van der Waals surface area contributed by atoms with Crippen molar-refractivity contribution in [1.82, 2.24) is 0 Å². The number of allylic oxidation sites excluding steroid dienone is 1. The summed E-state index contributed by atoms with van der Waals surface area (Å²) >= 11 is 0. The van der Waals surface area contributed by atoms with E-state index in [4.69, 9.17) is 5.73 Å². The van der Waals surface area contributed by atoms with Crippen molar-refractivity contribution in [2.75, 3.05) is 0 Å². The van der Waals surface area contributed by atoms with Gasteiger partial charge in [0.05, 0.1) is 0 Å². The number of rotatable bonds is 3. The quantitative estimate of drug-likeness (QED) is 0.574. The van der Waals surface area contributed by atoms with E-state index in [1.807, 2.05) is 26.1 Å². The van der Waals surface area contributed by atoms with E-state index in [0.717, 1.165) is 12.8 Å². The molecule has 0 heterocycles. The molecular weight excluding hydrogens is 112 g/mol. The second kappa shape index (κ2) is 5.35. The highest BCUT2D eigenvalue weighted by Crippen LogP contribution is 1.87. The lowest BCUT2D eigenvalue weighted by molar-refractivity contribution is 1.13. The van der Waals surface area contributed by atoms with Crippen LogP contribution in [0.4, 0.5) is 0 Å². The summed E-state index contributed by atoms with van der Waals surface area (Å²) < 4.78 is 0. The highest BCUT2D eigenvalue weighted by Gasteiger charge is 1.77. The molecule has 0 radical (unpaired) electrons. The predicted octanol–water partition coefficient (Wildman–Crippen LogP) is 1.68. The second-order valence-electron chi connectivity index (χ2n) is 1.76. The van der Waals surface area contributed by atoms with E-state index < -0.39 is 0 Å². The first kappa shape index (κ1) is 8.21. The van der Waals surface area contributed by atoms with Gasteiger partial charge in [0.1, 0.15) is 5.82 Å². The van der Waals surface area contributed by atoms with Crippen molar-refractivity contribution >= 4 is 6.21 Å². The fourth-order valence-corrected chi connectivity index (χ4v) is 0.459. The maximum atomic E-state index is 5.43. The molecule has 9 heavy (non-hydrogen) atoms. The predicted molar refractivity (Wildman–Crippen MR) is 41.3 cm³/mol. The maximum Gasteiger partial charge on any atom is 0.118 e. The highest BCUT2D eigenvalue weighted by atomic mass is 14.9. The third-order valence-corrected chi connectivity index (χ3v) is 0.836. The molecule has 2 nitrogen and oxygen atoms in total. The smallest absolute Gasteiger partial charge is 0.118 e. The van der Waals surface area contributed by atoms with Crippen LogP contribution in [0.3, 0.4) is 0 Å². The Hall–Kier alpha value is -0.790. The molecule has 0 aliphatic carbocycles. The SMILES string of the molecule is CC/C=N\C(N)=C/CC. The van der Waals surface area contributed by atoms with E-state index in [0.29, 0.717) is 5.82 Å². The van der Waals surface area contributed by atoms with Crippen molar-refractivity contribution in [3.05, 3.63) is 11.9 Å². The molecule has 0 saturated carbocycles. The molecule has 0 bridgehead atoms. The van der Waals surface area contributed by atoms with Crippen molar-refractivity contribution in [2.45, 2.75) is 26.7 Å². The Bertz CT molecular complexity index is 114. The lowest BCUT2D eigenvalue weighted by Gasteiger charge is -1.87. The van der Waals surface area contributed by atoms with Gasteiger partial charge in [-0.25, -0.2) is 4.99 Å². The summed E-state index contributed by atoms with van der Waals surface area (Å²) in [4.78, 5) is 3.95. The van der Waals surface area contributed by atoms with E-state index in [-0.39, 0.29) is 0 Å². The largest absolute Gasteiger partial charge is 0.384 e. The highest BCUT2D eigenvalue weighted by molar-refractivity contribution is 5.58. The van der Waals surface area contributed by atoms with Crippen LogP contribution in [-0.4, -0.2) is 6.21 Å². The zero-order valence-electron chi connectivity index (χ0n) is 6.09. The number of aliphatic imine (C=N–C) groups is 1. The van der Waals surface area contributed by atoms with Gasteiger partial charge in [-0.1, -0.05) is 13.8 Å². The number of hydrogen-bond acceptors (Lipinski definition) is 2. The molecule has 2 N–H and O–H groups in total. The van der Waals surface area contributed by atoms with Crippen molar-refractivity contribution in [3.63, 3.8) is 0 Å². The molecule has 0 rings (SSSR count). The fourth-order valence-electron chi connectivity index (χ4n) is 0.459. The van der Waals surface area contributed by atoms with Gasteiger partial charge >= 0.3 is 0 Å². The third-order valence-electron chi connectivity index (χ3n) is 0.836. The Morgan fingerprint density at radius 2 is 2.11 bits per heavy atom. The van der Waals surface area contributed by atoms with Crippen LogP contribution >= 0.6 is 0 Å². The van der Waals surface area contributed by atoms with Crippen LogP contribution < -0.4 is 5.73 Å². The lowest BCUT2D eigenvalue weighted by atomic mass is 10.4. The van der Waals surface area contributed by atoms with E-state index in [1.165, 1.54) is 0 Å². The molecule has 0 aromatic rings. The second-order valence-corrected chi connectivity index (χ2v) is 1.76. The van der Waals surface area contributed by atoms with Crippen LogP contribution in [-0.2, 0) is 0 Å². The molecule has 0 atom stereocenters. The minimum atomic E-state index is 0.624. The van der Waals surface area contributed by atoms with E-state index >= 15 is 0 Å². The molecule has 0 aromatic heterocycles. The van der Waals surface area contributed by atoms with Gasteiger partial charge in [-0.05, 0) is 18.9 Å². The molecule has 52 valence electrons. The molecule has 0 aliphatic rings. The minimum Gasteiger partial charge on any atom is -0.384 e. The zero-order valence-corrected chi connectivity index (χ0v) is 6.09. The van der Waals surface area contributed by atoms with E-state index in [2.05, 4.69) is 4.99 Å². The fraction of sp³-hybridized carbons (Fsp3) is 0.571. The molecule has 0 aliphatic heterocycles. The Balaban J connectivity index is 3.60. The van der Waals surface area contributed by atoms with Gasteiger partial charge < -0.3 is 5.73 Å². The van der Waals surface area contributed by atoms with Crippen LogP contribution in [0.15, 0.2) is 16.9 Å². The Kier molecular flexibility index (Phi) is 4.88. The first-order valence-electron chi connectivity index (χ1n) is 3.29. The van der Waals surface area contributed by atoms with Crippen molar-refractivity contribution in [3.8, 4) is 0 Å². The third kappa shape index (κ3) is 5.07. The van der Waals surface area contributed by atoms with Gasteiger partial charge in [0.15, 0.2) is 0 Å². The Labute approximate surface area is 56.5 Å². The van der Waals surface area contributed by atoms with Crippen LogP contribution in [0.1, 0.15) is 26.7 Å². The number of hydrogen-bond donors (Lipinski definition) is 1. The molecule has 0 spiro atoms. The number of nitrogens with two attached hydrogens (primary N) is 1. The summed E-state index contributed by atoms with van der Waals surface area (Å²) in [6.45, 7) is 4.07. The van der Waals surface area contributed by atoms with E-state index in [1.54, 1.807) is 0 Å². The molecule has 0 amide bonds. The van der Waals surface area contributed by atoms with Gasteiger partial charge in [0.25, 0.3) is 0 Å². The topological polar surface area (TPSA) is 38.4 Å². The van der Waals surface area contributed by atoms with Gasteiger partial charge in [0.2, 0.25) is 0 Å². The standard InChI is InChI=1S/C7H14N2/c1-3-5-7(8)9-6-4-2/h5-6H,3-4,8H2,1-2H3/b7-5-,9-6-. The summed E-state index contributed by atoms with van der Waals surface area (Å²) in [5, 5.41) is 0. The van der Waals surface area contributed by atoms with Crippen LogP contribution in [0.2, 0.25) is 0 Å². The van der Waals surface area contributed by atoms with Crippen LogP contribution in [0.25, 0.3) is 0 Å². The van der Waals surface area contributed by atoms with Crippen LogP contribution in [0, 0.1) is 0 Å². The van der Waals surface area contributed by atoms with E-state index in [9.17, 15) is 0 Å². The monoisotopic (exact) mass is 126 g/mol. The normalized spacial score (nSPS) is 12.9. The van der Waals surface area contributed by atoms with Gasteiger partial charge in [-0.2, -0.15) is 0 Å². The summed E-state index contributed by atoms with van der Waals surface area (Å²) in [5.41, 5.74) is 5.43. The molecule has 0 unspecified atom stereocenters. The van der Waals surface area contributed by atoms with Crippen molar-refractivity contribution in [1.29, 1.82) is 0 Å². The first-order valence-corrected chi connectivity index (χ1v) is 3.29. The molecule has 0 saturated heterocycles. The first-order chi connectivity index (χ1) is 4.31. The summed E-state index contributed by atoms with van der Waals surface area (Å²) in [6.07, 6.45) is 5.60. The van der Waals surface area contributed by atoms with Crippen molar-refractivity contribution < 1.29 is 0 Å². The molecular formula is C7H14N2. The molecule has 0 aromatic carbocycles. The van der Waals surface area contributed by atoms with Gasteiger partial charge in [0, 0.05) is 6.21 Å². The van der Waals surface area contributed by atoms with Crippen molar-refractivity contribution in [2.24, 2.45) is 10.7 Å². The van der Waals surface area contributed by atoms with Gasteiger partial charge in [-0.15, -0.1) is 0 Å². The zero-order chi connectivity index (χ0) is 7.11. The minimum absolute atomic E-state index is 0.624. The maximum absolute atomic E-state index is 5.43. The number of nitrogens with zero attached hydrogens (tertiary/aromatic N) is 1. The average Bonchev–Trinajstić information content (AvgIpc) is 1.85. The average molecular weight is 126 g/mol. The summed E-state index contributed by atoms with van der Waals surface area (Å²) in [5.74, 6) is 0.624. The lowest BCUT2D eigenvalue weighted by Crippen LogP contribution is -1.92. The molecule has 2 heteroatoms. The summed E-state index contributed by atoms with van der Waals surface area (Å²) in [6, 6.07) is 0. The molecule has 0 fully saturated rings. The Morgan fingerprint density at radius 3 is 2.56 bits per heavy atom. The van der Waals surface area contributed by atoms with Crippen LogP contribution in [0.5, 0.6) is 0 Å².